The molecule has 0 aromatic carbocycles. The number of hydrogen-bond acceptors (Lipinski definition) is 5. The average Bonchev–Trinajstić information content (AvgIpc) is 2.83. The Kier molecular flexibility index (Phi) is 3.66. The minimum absolute atomic E-state index is 0.0176. The van der Waals surface area contributed by atoms with Crippen LogP contribution in [0, 0.1) is 0 Å². The van der Waals surface area contributed by atoms with Crippen molar-refractivity contribution in [3.63, 3.8) is 0 Å². The summed E-state index contributed by atoms with van der Waals surface area (Å²) in [7, 11) is 1.97. The second kappa shape index (κ2) is 5.22. The maximum atomic E-state index is 8.79. The van der Waals surface area contributed by atoms with E-state index < -0.39 is 0 Å². The summed E-state index contributed by atoms with van der Waals surface area (Å²) in [6.45, 7) is 2.81. The van der Waals surface area contributed by atoms with Crippen LogP contribution in [0.15, 0.2) is 23.5 Å². The third-order valence-electron chi connectivity index (χ3n) is 3.35. The minimum Gasteiger partial charge on any atom is -0.409 e. The van der Waals surface area contributed by atoms with Crippen LogP contribution in [0.4, 0.5) is 5.69 Å². The molecule has 2 atom stereocenters. The SMILES string of the molecule is CC1OCCC1N(C)c1cccnc1/C(N)=N/O. The highest BCUT2D eigenvalue weighted by Gasteiger charge is 2.29. The Bertz CT molecular complexity index is 449. The predicted molar refractivity (Wildman–Crippen MR) is 69.0 cm³/mol. The number of ether oxygens (including phenoxy) is 1. The van der Waals surface area contributed by atoms with Crippen LogP contribution in [-0.2, 0) is 4.74 Å². The Hall–Kier alpha value is -1.82. The molecule has 18 heavy (non-hydrogen) atoms. The van der Waals surface area contributed by atoms with Gasteiger partial charge in [-0.1, -0.05) is 5.16 Å². The second-order valence-corrected chi connectivity index (χ2v) is 4.40. The topological polar surface area (TPSA) is 84.0 Å². The summed E-state index contributed by atoms with van der Waals surface area (Å²) in [6.07, 6.45) is 2.75. The van der Waals surface area contributed by atoms with Gasteiger partial charge in [-0.15, -0.1) is 0 Å². The van der Waals surface area contributed by atoms with Gasteiger partial charge in [-0.25, -0.2) is 0 Å². The normalized spacial score (nSPS) is 24.2. The lowest BCUT2D eigenvalue weighted by molar-refractivity contribution is 0.118. The van der Waals surface area contributed by atoms with Crippen molar-refractivity contribution in [3.05, 3.63) is 24.0 Å². The van der Waals surface area contributed by atoms with Gasteiger partial charge in [0.1, 0.15) is 5.69 Å². The fourth-order valence-corrected chi connectivity index (χ4v) is 2.33. The lowest BCUT2D eigenvalue weighted by atomic mass is 10.1. The highest BCUT2D eigenvalue weighted by molar-refractivity contribution is 6.00. The van der Waals surface area contributed by atoms with Crippen molar-refractivity contribution in [2.45, 2.75) is 25.5 Å². The lowest BCUT2D eigenvalue weighted by Crippen LogP contribution is -2.38. The number of hydrogen-bond donors (Lipinski definition) is 2. The van der Waals surface area contributed by atoms with Crippen molar-refractivity contribution in [1.82, 2.24) is 4.98 Å². The number of oxime groups is 1. The average molecular weight is 250 g/mol. The largest absolute Gasteiger partial charge is 0.409 e. The lowest BCUT2D eigenvalue weighted by Gasteiger charge is -2.29. The van der Waals surface area contributed by atoms with Crippen molar-refractivity contribution in [2.75, 3.05) is 18.6 Å². The maximum absolute atomic E-state index is 8.79. The van der Waals surface area contributed by atoms with Gasteiger partial charge in [0.2, 0.25) is 0 Å². The molecule has 1 aromatic heterocycles. The second-order valence-electron chi connectivity index (χ2n) is 4.40. The number of nitrogens with two attached hydrogens (primary N) is 1. The Morgan fingerprint density at radius 1 is 1.67 bits per heavy atom. The van der Waals surface area contributed by atoms with Crippen LogP contribution in [0.25, 0.3) is 0 Å². The zero-order chi connectivity index (χ0) is 13.1. The first-order chi connectivity index (χ1) is 8.65. The Balaban J connectivity index is 2.32. The van der Waals surface area contributed by atoms with E-state index in [4.69, 9.17) is 15.7 Å². The van der Waals surface area contributed by atoms with E-state index in [1.54, 1.807) is 6.20 Å². The number of rotatable bonds is 3. The third-order valence-corrected chi connectivity index (χ3v) is 3.35. The van der Waals surface area contributed by atoms with Gasteiger partial charge in [0.25, 0.3) is 0 Å². The first kappa shape index (κ1) is 12.6. The standard InChI is InChI=1S/C12H18N4O2/c1-8-9(5-7-18-8)16(2)10-4-3-6-14-11(10)12(13)15-17/h3-4,6,8-9,17H,5,7H2,1-2H3,(H2,13,15). The van der Waals surface area contributed by atoms with E-state index in [9.17, 15) is 0 Å². The summed E-state index contributed by atoms with van der Waals surface area (Å²) in [6, 6.07) is 4.02. The van der Waals surface area contributed by atoms with E-state index >= 15 is 0 Å². The molecule has 1 aliphatic heterocycles. The molecule has 0 saturated carbocycles. The summed E-state index contributed by atoms with van der Waals surface area (Å²) in [5.74, 6) is 0.0176. The fourth-order valence-electron chi connectivity index (χ4n) is 2.33. The Morgan fingerprint density at radius 3 is 3.06 bits per heavy atom. The van der Waals surface area contributed by atoms with Gasteiger partial charge in [-0.3, -0.25) is 4.98 Å². The van der Waals surface area contributed by atoms with Gasteiger partial charge in [0.15, 0.2) is 5.84 Å². The number of amidine groups is 1. The van der Waals surface area contributed by atoms with Gasteiger partial charge in [-0.05, 0) is 25.5 Å². The highest BCUT2D eigenvalue weighted by atomic mass is 16.5. The van der Waals surface area contributed by atoms with Crippen LogP contribution in [0.2, 0.25) is 0 Å². The van der Waals surface area contributed by atoms with Crippen LogP contribution in [0.3, 0.4) is 0 Å². The van der Waals surface area contributed by atoms with E-state index in [0.29, 0.717) is 5.69 Å². The van der Waals surface area contributed by atoms with E-state index in [1.807, 2.05) is 26.1 Å². The van der Waals surface area contributed by atoms with Gasteiger partial charge < -0.3 is 20.6 Å². The van der Waals surface area contributed by atoms with Crippen LogP contribution >= 0.6 is 0 Å². The van der Waals surface area contributed by atoms with Crippen molar-refractivity contribution in [3.8, 4) is 0 Å². The van der Waals surface area contributed by atoms with E-state index in [0.717, 1.165) is 18.7 Å². The monoisotopic (exact) mass is 250 g/mol. The summed E-state index contributed by atoms with van der Waals surface area (Å²) in [4.78, 5) is 6.25. The molecule has 1 fully saturated rings. The number of likely N-dealkylation sites (N-methyl/N-ethyl adjacent to an activating group) is 1. The van der Waals surface area contributed by atoms with Gasteiger partial charge in [0.05, 0.1) is 17.8 Å². The van der Waals surface area contributed by atoms with E-state index in [2.05, 4.69) is 15.0 Å². The van der Waals surface area contributed by atoms with Crippen LogP contribution < -0.4 is 10.6 Å². The summed E-state index contributed by atoms with van der Waals surface area (Å²) in [5, 5.41) is 11.8. The van der Waals surface area contributed by atoms with Gasteiger partial charge >= 0.3 is 0 Å². The molecule has 3 N–H and O–H groups in total. The number of aromatic nitrogens is 1. The van der Waals surface area contributed by atoms with Crippen LogP contribution in [0.5, 0.6) is 0 Å². The quantitative estimate of drug-likeness (QED) is 0.358. The van der Waals surface area contributed by atoms with Crippen LogP contribution in [0.1, 0.15) is 19.0 Å². The number of nitrogens with zero attached hydrogens (tertiary/aromatic N) is 3. The zero-order valence-electron chi connectivity index (χ0n) is 10.6. The maximum Gasteiger partial charge on any atom is 0.190 e. The molecule has 0 radical (unpaired) electrons. The van der Waals surface area contributed by atoms with Crippen molar-refractivity contribution in [1.29, 1.82) is 0 Å². The first-order valence-electron chi connectivity index (χ1n) is 5.92. The molecule has 2 rings (SSSR count). The van der Waals surface area contributed by atoms with E-state index in [1.165, 1.54) is 0 Å². The molecule has 1 aromatic rings. The summed E-state index contributed by atoms with van der Waals surface area (Å²) >= 11 is 0. The number of pyridine rings is 1. The molecular formula is C12H18N4O2. The fraction of sp³-hybridized carbons (Fsp3) is 0.500. The molecular weight excluding hydrogens is 232 g/mol. The summed E-state index contributed by atoms with van der Waals surface area (Å²) in [5.41, 5.74) is 6.98. The Labute approximate surface area is 106 Å². The predicted octanol–water partition coefficient (Wildman–Crippen LogP) is 0.790. The molecule has 6 heteroatoms. The minimum atomic E-state index is 0.0176. The third kappa shape index (κ3) is 2.24. The molecule has 6 nitrogen and oxygen atoms in total. The molecule has 2 unspecified atom stereocenters. The molecule has 0 amide bonds. The molecule has 98 valence electrons. The van der Waals surface area contributed by atoms with Crippen molar-refractivity contribution < 1.29 is 9.94 Å². The Morgan fingerprint density at radius 2 is 2.44 bits per heavy atom. The van der Waals surface area contributed by atoms with E-state index in [-0.39, 0.29) is 18.0 Å². The molecule has 0 bridgehead atoms. The molecule has 1 aliphatic rings. The zero-order valence-corrected chi connectivity index (χ0v) is 10.6. The van der Waals surface area contributed by atoms with Crippen molar-refractivity contribution >= 4 is 11.5 Å². The highest BCUT2D eigenvalue weighted by Crippen LogP contribution is 2.25. The molecule has 1 saturated heterocycles. The molecule has 0 spiro atoms. The van der Waals surface area contributed by atoms with Gasteiger partial charge in [-0.2, -0.15) is 0 Å². The first-order valence-corrected chi connectivity index (χ1v) is 5.92. The smallest absolute Gasteiger partial charge is 0.190 e. The van der Waals surface area contributed by atoms with Crippen LogP contribution in [-0.4, -0.2) is 41.8 Å². The summed E-state index contributed by atoms with van der Waals surface area (Å²) < 4.78 is 5.56. The van der Waals surface area contributed by atoms with Crippen molar-refractivity contribution in [2.24, 2.45) is 10.9 Å². The van der Waals surface area contributed by atoms with Gasteiger partial charge in [0, 0.05) is 19.9 Å². The number of anilines is 1. The molecule has 2 heterocycles. The molecule has 0 aliphatic carbocycles.